The Morgan fingerprint density at radius 3 is 2.53 bits per heavy atom. The van der Waals surface area contributed by atoms with Crippen molar-refractivity contribution in [1.82, 2.24) is 0 Å². The number of hydrogen-bond donors (Lipinski definition) is 2. The number of amides is 1. The number of benzene rings is 1. The Balaban J connectivity index is 3.00. The van der Waals surface area contributed by atoms with E-state index in [2.05, 4.69) is 5.32 Å². The number of carbonyl (C=O) groups excluding carboxylic acids is 1. The summed E-state index contributed by atoms with van der Waals surface area (Å²) < 4.78 is 37.3. The van der Waals surface area contributed by atoms with Crippen LogP contribution in [0.2, 0.25) is 0 Å². The van der Waals surface area contributed by atoms with Gasteiger partial charge in [-0.25, -0.2) is 0 Å². The second-order valence-electron chi connectivity index (χ2n) is 3.60. The first-order chi connectivity index (χ1) is 8.75. The number of rotatable bonds is 2. The van der Waals surface area contributed by atoms with Gasteiger partial charge in [0.25, 0.3) is 5.91 Å². The zero-order valence-corrected chi connectivity index (χ0v) is 9.75. The van der Waals surface area contributed by atoms with Crippen molar-refractivity contribution in [2.75, 3.05) is 5.32 Å². The lowest BCUT2D eigenvalue weighted by atomic mass is 10.2. The molecule has 0 saturated carbocycles. The fourth-order valence-electron chi connectivity index (χ4n) is 1.26. The molecule has 0 saturated heterocycles. The van der Waals surface area contributed by atoms with Crippen molar-refractivity contribution in [1.29, 1.82) is 5.26 Å². The summed E-state index contributed by atoms with van der Waals surface area (Å²) in [7, 11) is 0. The minimum atomic E-state index is -4.53. The third kappa shape index (κ3) is 3.74. The number of nitrogens with one attached hydrogen (secondary N) is 1. The van der Waals surface area contributed by atoms with Crippen molar-refractivity contribution in [3.63, 3.8) is 0 Å². The smallest absolute Gasteiger partial charge is 0.416 e. The van der Waals surface area contributed by atoms with Crippen LogP contribution >= 0.6 is 0 Å². The minimum Gasteiger partial charge on any atom is -0.511 e. The summed E-state index contributed by atoms with van der Waals surface area (Å²) in [4.78, 5) is 11.5. The monoisotopic (exact) mass is 270 g/mol. The van der Waals surface area contributed by atoms with Crippen molar-refractivity contribution in [3.05, 3.63) is 41.2 Å². The molecular formula is C12H9F3N2O2. The van der Waals surface area contributed by atoms with Gasteiger partial charge in [0.1, 0.15) is 11.8 Å². The van der Waals surface area contributed by atoms with Gasteiger partial charge < -0.3 is 10.4 Å². The van der Waals surface area contributed by atoms with Gasteiger partial charge in [-0.2, -0.15) is 18.4 Å². The average Bonchev–Trinajstić information content (AvgIpc) is 2.28. The molecule has 0 bridgehead atoms. The van der Waals surface area contributed by atoms with Crippen LogP contribution in [0.1, 0.15) is 12.5 Å². The van der Waals surface area contributed by atoms with Gasteiger partial charge in [-0.3, -0.25) is 4.79 Å². The summed E-state index contributed by atoms with van der Waals surface area (Å²) >= 11 is 0. The molecule has 1 aromatic carbocycles. The summed E-state index contributed by atoms with van der Waals surface area (Å²) in [6.07, 6.45) is -4.53. The number of alkyl halides is 3. The molecule has 1 aromatic rings. The molecule has 0 aromatic heterocycles. The molecule has 0 aliphatic heterocycles. The number of halogens is 3. The second kappa shape index (κ2) is 5.44. The van der Waals surface area contributed by atoms with Crippen molar-refractivity contribution < 1.29 is 23.1 Å². The third-order valence-corrected chi connectivity index (χ3v) is 2.15. The van der Waals surface area contributed by atoms with Crippen LogP contribution in [0.4, 0.5) is 18.9 Å². The van der Waals surface area contributed by atoms with E-state index in [0.29, 0.717) is 0 Å². The predicted molar refractivity (Wildman–Crippen MR) is 61.0 cm³/mol. The fourth-order valence-corrected chi connectivity index (χ4v) is 1.26. The molecule has 0 atom stereocenters. The maximum Gasteiger partial charge on any atom is 0.416 e. The Hall–Kier alpha value is -2.49. The molecule has 2 N–H and O–H groups in total. The van der Waals surface area contributed by atoms with Crippen molar-refractivity contribution in [2.45, 2.75) is 13.1 Å². The summed E-state index contributed by atoms with van der Waals surface area (Å²) in [6, 6.07) is 5.42. The molecule has 7 heteroatoms. The summed E-state index contributed by atoms with van der Waals surface area (Å²) in [5.74, 6) is -1.48. The van der Waals surface area contributed by atoms with Gasteiger partial charge in [0.2, 0.25) is 0 Å². The van der Waals surface area contributed by atoms with E-state index in [1.165, 1.54) is 12.1 Å². The maximum atomic E-state index is 12.4. The summed E-state index contributed by atoms with van der Waals surface area (Å²) in [6.45, 7) is 1.13. The highest BCUT2D eigenvalue weighted by atomic mass is 19.4. The molecule has 0 aliphatic rings. The molecule has 0 spiro atoms. The highest BCUT2D eigenvalue weighted by Gasteiger charge is 2.30. The molecule has 0 fully saturated rings. The Morgan fingerprint density at radius 2 is 2.05 bits per heavy atom. The Kier molecular flexibility index (Phi) is 4.17. The van der Waals surface area contributed by atoms with E-state index in [9.17, 15) is 18.0 Å². The van der Waals surface area contributed by atoms with E-state index in [0.717, 1.165) is 25.1 Å². The fraction of sp³-hybridized carbons (Fsp3) is 0.167. The molecule has 0 aliphatic carbocycles. The van der Waals surface area contributed by atoms with Gasteiger partial charge >= 0.3 is 6.18 Å². The molecular weight excluding hydrogens is 261 g/mol. The molecule has 100 valence electrons. The van der Waals surface area contributed by atoms with Gasteiger partial charge in [-0.05, 0) is 25.1 Å². The standard InChI is InChI=1S/C12H9F3N2O2/c1-7(18)10(6-16)11(19)17-9-4-2-3-8(5-9)12(13,14)15/h2-5,18H,1H3,(H,17,19)/b10-7-. The van der Waals surface area contributed by atoms with Gasteiger partial charge in [-0.1, -0.05) is 6.07 Å². The Morgan fingerprint density at radius 1 is 1.42 bits per heavy atom. The quantitative estimate of drug-likeness (QED) is 0.493. The number of carbonyl (C=O) groups is 1. The van der Waals surface area contributed by atoms with E-state index in [1.54, 1.807) is 0 Å². The van der Waals surface area contributed by atoms with Crippen LogP contribution in [0.3, 0.4) is 0 Å². The lowest BCUT2D eigenvalue weighted by Gasteiger charge is -2.09. The SMILES string of the molecule is C/C(O)=C(\C#N)C(=O)Nc1cccc(C(F)(F)F)c1. The van der Waals surface area contributed by atoms with Crippen LogP contribution in [-0.4, -0.2) is 11.0 Å². The second-order valence-corrected chi connectivity index (χ2v) is 3.60. The topological polar surface area (TPSA) is 73.1 Å². The zero-order valence-electron chi connectivity index (χ0n) is 9.75. The molecule has 0 unspecified atom stereocenters. The minimum absolute atomic E-state index is 0.117. The Bertz CT molecular complexity index is 567. The maximum absolute atomic E-state index is 12.4. The highest BCUT2D eigenvalue weighted by molar-refractivity contribution is 6.06. The summed E-state index contributed by atoms with van der Waals surface area (Å²) in [5, 5.41) is 19.8. The van der Waals surface area contributed by atoms with Crippen LogP contribution in [0.5, 0.6) is 0 Å². The van der Waals surface area contributed by atoms with Crippen molar-refractivity contribution in [3.8, 4) is 6.07 Å². The highest BCUT2D eigenvalue weighted by Crippen LogP contribution is 2.30. The van der Waals surface area contributed by atoms with Crippen LogP contribution in [0, 0.1) is 11.3 Å². The van der Waals surface area contributed by atoms with E-state index in [-0.39, 0.29) is 5.69 Å². The van der Waals surface area contributed by atoms with Crippen molar-refractivity contribution in [2.24, 2.45) is 0 Å². The third-order valence-electron chi connectivity index (χ3n) is 2.15. The lowest BCUT2D eigenvalue weighted by Crippen LogP contribution is -2.15. The largest absolute Gasteiger partial charge is 0.511 e. The first-order valence-electron chi connectivity index (χ1n) is 5.04. The van der Waals surface area contributed by atoms with Gasteiger partial charge in [0.05, 0.1) is 5.56 Å². The van der Waals surface area contributed by atoms with Crippen LogP contribution < -0.4 is 5.32 Å². The summed E-state index contributed by atoms with van der Waals surface area (Å²) in [5.41, 5.74) is -1.60. The number of hydrogen-bond acceptors (Lipinski definition) is 3. The number of anilines is 1. The van der Waals surface area contributed by atoms with Gasteiger partial charge in [0.15, 0.2) is 5.57 Å². The molecule has 0 radical (unpaired) electrons. The number of nitriles is 1. The zero-order chi connectivity index (χ0) is 14.6. The van der Waals surface area contributed by atoms with E-state index in [1.807, 2.05) is 0 Å². The first-order valence-corrected chi connectivity index (χ1v) is 5.04. The molecule has 1 amide bonds. The Labute approximate surface area is 106 Å². The van der Waals surface area contributed by atoms with Crippen LogP contribution in [0.25, 0.3) is 0 Å². The van der Waals surface area contributed by atoms with Gasteiger partial charge in [0, 0.05) is 5.69 Å². The number of nitrogens with zero attached hydrogens (tertiary/aromatic N) is 1. The number of aliphatic hydroxyl groups is 1. The molecule has 19 heavy (non-hydrogen) atoms. The van der Waals surface area contributed by atoms with Crippen molar-refractivity contribution >= 4 is 11.6 Å². The average molecular weight is 270 g/mol. The van der Waals surface area contributed by atoms with E-state index < -0.39 is 29.0 Å². The molecule has 1 rings (SSSR count). The molecule has 4 nitrogen and oxygen atoms in total. The number of aliphatic hydroxyl groups excluding tert-OH is 1. The molecule has 0 heterocycles. The number of allylic oxidation sites excluding steroid dienone is 1. The predicted octanol–water partition coefficient (Wildman–Crippen LogP) is 3.00. The lowest BCUT2D eigenvalue weighted by molar-refractivity contribution is -0.137. The first kappa shape index (κ1) is 14.6. The normalized spacial score (nSPS) is 12.4. The van der Waals surface area contributed by atoms with Crippen LogP contribution in [-0.2, 0) is 11.0 Å². The van der Waals surface area contributed by atoms with Crippen LogP contribution in [0.15, 0.2) is 35.6 Å². The van der Waals surface area contributed by atoms with E-state index in [4.69, 9.17) is 10.4 Å². The van der Waals surface area contributed by atoms with Gasteiger partial charge in [-0.15, -0.1) is 0 Å². The van der Waals surface area contributed by atoms with E-state index >= 15 is 0 Å².